The molecular formula is C23H21Cl2N3O2S. The van der Waals surface area contributed by atoms with Crippen molar-refractivity contribution >= 4 is 52.5 Å². The Morgan fingerprint density at radius 1 is 1.23 bits per heavy atom. The monoisotopic (exact) mass is 473 g/mol. The molecule has 31 heavy (non-hydrogen) atoms. The van der Waals surface area contributed by atoms with Gasteiger partial charge in [-0.3, -0.25) is 14.5 Å². The number of rotatable bonds is 5. The molecule has 0 radical (unpaired) electrons. The second-order valence-corrected chi connectivity index (χ2v) is 9.29. The Morgan fingerprint density at radius 3 is 2.48 bits per heavy atom. The summed E-state index contributed by atoms with van der Waals surface area (Å²) in [6.45, 7) is 4.17. The summed E-state index contributed by atoms with van der Waals surface area (Å²) in [6, 6.07) is 14.8. The van der Waals surface area contributed by atoms with Gasteiger partial charge in [0.25, 0.3) is 5.91 Å². The minimum absolute atomic E-state index is 0.103. The first-order valence-electron chi connectivity index (χ1n) is 9.68. The summed E-state index contributed by atoms with van der Waals surface area (Å²) < 4.78 is 0. The smallest absolute Gasteiger partial charge is 0.264 e. The first-order valence-corrected chi connectivity index (χ1v) is 11.3. The minimum atomic E-state index is -0.552. The van der Waals surface area contributed by atoms with Crippen LogP contribution in [-0.2, 0) is 16.0 Å². The highest BCUT2D eigenvalue weighted by Gasteiger charge is 2.41. The van der Waals surface area contributed by atoms with Crippen molar-refractivity contribution in [3.8, 4) is 6.07 Å². The Balaban J connectivity index is 2.06. The van der Waals surface area contributed by atoms with Crippen molar-refractivity contribution < 1.29 is 9.59 Å². The van der Waals surface area contributed by atoms with E-state index >= 15 is 0 Å². The first kappa shape index (κ1) is 23.2. The van der Waals surface area contributed by atoms with Crippen molar-refractivity contribution in [1.29, 1.82) is 5.26 Å². The van der Waals surface area contributed by atoms with Gasteiger partial charge in [-0.1, -0.05) is 73.1 Å². The summed E-state index contributed by atoms with van der Waals surface area (Å²) in [6.07, 6.45) is 0.319. The normalized spacial score (nSPS) is 17.6. The summed E-state index contributed by atoms with van der Waals surface area (Å²) in [5.41, 5.74) is 2.36. The number of likely N-dealkylation sites (N-methyl/N-ethyl adjacent to an activating group) is 1. The SMILES string of the molecule is CNC(=O)/C(C#N)=C1\SC(Cc2cccc(Cl)c2Cl)C(=O)N1c1ccc(C(C)C)cc1. The van der Waals surface area contributed by atoms with Gasteiger partial charge in [-0.15, -0.1) is 0 Å². The van der Waals surface area contributed by atoms with Gasteiger partial charge < -0.3 is 5.32 Å². The van der Waals surface area contributed by atoms with E-state index in [4.69, 9.17) is 23.2 Å². The predicted molar refractivity (Wildman–Crippen MR) is 126 cm³/mol. The molecule has 5 nitrogen and oxygen atoms in total. The van der Waals surface area contributed by atoms with Gasteiger partial charge in [-0.2, -0.15) is 5.26 Å². The Labute approximate surface area is 196 Å². The molecule has 1 aliphatic rings. The van der Waals surface area contributed by atoms with Crippen molar-refractivity contribution in [3.05, 3.63) is 74.2 Å². The number of nitriles is 1. The number of halogens is 2. The van der Waals surface area contributed by atoms with E-state index in [1.54, 1.807) is 12.1 Å². The molecule has 3 rings (SSSR count). The van der Waals surface area contributed by atoms with Gasteiger partial charge in [0.1, 0.15) is 16.7 Å². The summed E-state index contributed by atoms with van der Waals surface area (Å²) in [7, 11) is 1.45. The third-order valence-corrected chi connectivity index (χ3v) is 7.11. The van der Waals surface area contributed by atoms with E-state index in [-0.39, 0.29) is 11.5 Å². The number of carbonyl (C=O) groups is 2. The minimum Gasteiger partial charge on any atom is -0.354 e. The lowest BCUT2D eigenvalue weighted by atomic mass is 10.0. The average Bonchev–Trinajstić information content (AvgIpc) is 3.07. The average molecular weight is 474 g/mol. The number of benzene rings is 2. The molecule has 160 valence electrons. The zero-order chi connectivity index (χ0) is 22.7. The van der Waals surface area contributed by atoms with E-state index in [2.05, 4.69) is 19.2 Å². The largest absolute Gasteiger partial charge is 0.354 e. The number of hydrogen-bond donors (Lipinski definition) is 1. The molecule has 0 aliphatic carbocycles. The molecule has 1 N–H and O–H groups in total. The van der Waals surface area contributed by atoms with Crippen LogP contribution in [0.15, 0.2) is 53.1 Å². The predicted octanol–water partition coefficient (Wildman–Crippen LogP) is 5.29. The molecule has 1 atom stereocenters. The lowest BCUT2D eigenvalue weighted by Crippen LogP contribution is -2.31. The van der Waals surface area contributed by atoms with Crippen LogP contribution in [0, 0.1) is 11.3 Å². The van der Waals surface area contributed by atoms with Crippen LogP contribution in [0.25, 0.3) is 0 Å². The number of amides is 2. The maximum Gasteiger partial charge on any atom is 0.264 e. The van der Waals surface area contributed by atoms with E-state index in [0.29, 0.717) is 33.1 Å². The molecule has 1 unspecified atom stereocenters. The lowest BCUT2D eigenvalue weighted by molar-refractivity contribution is -0.117. The van der Waals surface area contributed by atoms with Crippen LogP contribution in [-0.4, -0.2) is 24.1 Å². The molecule has 1 heterocycles. The molecule has 0 saturated carbocycles. The molecule has 0 spiro atoms. The van der Waals surface area contributed by atoms with Gasteiger partial charge in [0.15, 0.2) is 0 Å². The maximum atomic E-state index is 13.4. The van der Waals surface area contributed by atoms with Crippen molar-refractivity contribution in [2.75, 3.05) is 11.9 Å². The van der Waals surface area contributed by atoms with E-state index in [1.807, 2.05) is 36.4 Å². The van der Waals surface area contributed by atoms with Crippen LogP contribution in [0.2, 0.25) is 10.0 Å². The quantitative estimate of drug-likeness (QED) is 0.472. The molecule has 0 bridgehead atoms. The Morgan fingerprint density at radius 2 is 1.90 bits per heavy atom. The molecule has 1 saturated heterocycles. The van der Waals surface area contributed by atoms with Crippen LogP contribution in [0.1, 0.15) is 30.9 Å². The van der Waals surface area contributed by atoms with E-state index < -0.39 is 11.2 Å². The number of nitrogens with one attached hydrogen (secondary N) is 1. The molecule has 0 aromatic heterocycles. The highest BCUT2D eigenvalue weighted by Crippen LogP contribution is 2.43. The fourth-order valence-corrected chi connectivity index (χ4v) is 4.95. The number of carbonyl (C=O) groups excluding carboxylic acids is 2. The van der Waals surface area contributed by atoms with Gasteiger partial charge in [-0.25, -0.2) is 0 Å². The van der Waals surface area contributed by atoms with E-state index in [9.17, 15) is 14.9 Å². The van der Waals surface area contributed by atoms with E-state index in [0.717, 1.165) is 11.1 Å². The Kier molecular flexibility index (Phi) is 7.32. The van der Waals surface area contributed by atoms with Crippen molar-refractivity contribution in [2.45, 2.75) is 31.4 Å². The van der Waals surface area contributed by atoms with Gasteiger partial charge in [0.2, 0.25) is 5.91 Å². The number of hydrogen-bond acceptors (Lipinski definition) is 4. The third kappa shape index (κ3) is 4.74. The van der Waals surface area contributed by atoms with Gasteiger partial charge in [0, 0.05) is 12.7 Å². The molecule has 1 aliphatic heterocycles. The van der Waals surface area contributed by atoms with Crippen LogP contribution < -0.4 is 10.2 Å². The summed E-state index contributed by atoms with van der Waals surface area (Å²) in [4.78, 5) is 27.2. The summed E-state index contributed by atoms with van der Waals surface area (Å²) >= 11 is 13.6. The summed E-state index contributed by atoms with van der Waals surface area (Å²) in [5.74, 6) is -0.418. The molecular weight excluding hydrogens is 453 g/mol. The summed E-state index contributed by atoms with van der Waals surface area (Å²) in [5, 5.41) is 12.7. The van der Waals surface area contributed by atoms with Gasteiger partial charge >= 0.3 is 0 Å². The number of thioether (sulfide) groups is 1. The highest BCUT2D eigenvalue weighted by molar-refractivity contribution is 8.05. The zero-order valence-electron chi connectivity index (χ0n) is 17.3. The van der Waals surface area contributed by atoms with Crippen LogP contribution in [0.3, 0.4) is 0 Å². The molecule has 2 aromatic carbocycles. The second-order valence-electron chi connectivity index (χ2n) is 7.31. The van der Waals surface area contributed by atoms with E-state index in [1.165, 1.54) is 23.7 Å². The molecule has 1 fully saturated rings. The molecule has 8 heteroatoms. The van der Waals surface area contributed by atoms with Crippen molar-refractivity contribution in [3.63, 3.8) is 0 Å². The third-order valence-electron chi connectivity index (χ3n) is 4.99. The number of anilines is 1. The van der Waals surface area contributed by atoms with Gasteiger partial charge in [-0.05, 0) is 41.7 Å². The Hall–Kier alpha value is -2.46. The second kappa shape index (κ2) is 9.78. The van der Waals surface area contributed by atoms with Crippen LogP contribution >= 0.6 is 35.0 Å². The van der Waals surface area contributed by atoms with Crippen molar-refractivity contribution in [1.82, 2.24) is 5.32 Å². The standard InChI is InChI=1S/C23H21Cl2N3O2S/c1-13(2)14-7-9-16(10-8-14)28-22(30)19(11-15-5-4-6-18(24)20(15)25)31-23(28)17(12-26)21(29)27-3/h4-10,13,19H,11H2,1-3H3,(H,27,29)/b23-17-. The van der Waals surface area contributed by atoms with Crippen LogP contribution in [0.5, 0.6) is 0 Å². The molecule has 2 aromatic rings. The Bertz CT molecular complexity index is 1090. The zero-order valence-corrected chi connectivity index (χ0v) is 19.6. The number of nitrogens with zero attached hydrogens (tertiary/aromatic N) is 2. The maximum absolute atomic E-state index is 13.4. The van der Waals surface area contributed by atoms with Gasteiger partial charge in [0.05, 0.1) is 15.3 Å². The first-order chi connectivity index (χ1) is 14.8. The molecule has 2 amide bonds. The highest BCUT2D eigenvalue weighted by atomic mass is 35.5. The fraction of sp³-hybridized carbons (Fsp3) is 0.261. The topological polar surface area (TPSA) is 73.2 Å². The van der Waals surface area contributed by atoms with Crippen LogP contribution in [0.4, 0.5) is 5.69 Å². The lowest BCUT2D eigenvalue weighted by Gasteiger charge is -2.19. The van der Waals surface area contributed by atoms with Crippen molar-refractivity contribution in [2.24, 2.45) is 0 Å². The fourth-order valence-electron chi connectivity index (χ4n) is 3.26.